The number of carboxylic acids is 1. The van der Waals surface area contributed by atoms with E-state index in [0.717, 1.165) is 22.4 Å². The summed E-state index contributed by atoms with van der Waals surface area (Å²) >= 11 is 6.54. The van der Waals surface area contributed by atoms with E-state index in [-0.39, 0.29) is 29.4 Å². The Balaban J connectivity index is 1.69. The number of halogens is 1. The molecule has 1 N–H and O–H groups in total. The van der Waals surface area contributed by atoms with Crippen molar-refractivity contribution in [3.8, 4) is 5.75 Å². The third-order valence-electron chi connectivity index (χ3n) is 5.63. The van der Waals surface area contributed by atoms with Gasteiger partial charge in [-0.3, -0.25) is 9.59 Å². The number of ether oxygens (including phenoxy) is 1. The molecule has 1 aliphatic carbocycles. The number of aryl methyl sites for hydroxylation is 3. The number of ketones is 1. The second-order valence-corrected chi connectivity index (χ2v) is 8.52. The smallest absolute Gasteiger partial charge is 0.303 e. The third kappa shape index (κ3) is 5.60. The lowest BCUT2D eigenvalue weighted by atomic mass is 9.89. The quantitative estimate of drug-likeness (QED) is 0.633. The van der Waals surface area contributed by atoms with Gasteiger partial charge in [0.05, 0.1) is 12.5 Å². The van der Waals surface area contributed by atoms with Crippen LogP contribution >= 0.6 is 11.6 Å². The van der Waals surface area contributed by atoms with E-state index in [0.29, 0.717) is 25.9 Å². The summed E-state index contributed by atoms with van der Waals surface area (Å²) < 4.78 is 6.01. The molecule has 2 aromatic rings. The van der Waals surface area contributed by atoms with Crippen LogP contribution in [0, 0.1) is 25.7 Å². The fourth-order valence-electron chi connectivity index (χ4n) is 4.05. The van der Waals surface area contributed by atoms with Gasteiger partial charge in [-0.15, -0.1) is 11.6 Å². The number of benzene rings is 2. The lowest BCUT2D eigenvalue weighted by Crippen LogP contribution is -2.26. The molecule has 0 saturated heterocycles. The highest BCUT2D eigenvalue weighted by molar-refractivity contribution is 6.23. The second kappa shape index (κ2) is 9.45. The number of rotatable bonds is 8. The minimum atomic E-state index is -0.804. The third-order valence-corrected chi connectivity index (χ3v) is 6.11. The summed E-state index contributed by atoms with van der Waals surface area (Å²) in [7, 11) is 0. The number of Topliss-reactive ketones (excluding diaryl/α,β-unsaturated/α-hetero) is 1. The van der Waals surface area contributed by atoms with E-state index in [1.165, 1.54) is 5.56 Å². The maximum absolute atomic E-state index is 12.6. The van der Waals surface area contributed by atoms with Gasteiger partial charge >= 0.3 is 5.97 Å². The lowest BCUT2D eigenvalue weighted by molar-refractivity contribution is -0.137. The molecule has 2 aromatic carbocycles. The van der Waals surface area contributed by atoms with E-state index < -0.39 is 5.97 Å². The van der Waals surface area contributed by atoms with Crippen molar-refractivity contribution in [1.29, 1.82) is 0 Å². The molecule has 0 aromatic heterocycles. The first-order valence-electron chi connectivity index (χ1n) is 10.00. The van der Waals surface area contributed by atoms with E-state index in [4.69, 9.17) is 21.4 Å². The van der Waals surface area contributed by atoms with E-state index in [1.807, 2.05) is 50.2 Å². The van der Waals surface area contributed by atoms with Crippen molar-refractivity contribution in [3.63, 3.8) is 0 Å². The second-order valence-electron chi connectivity index (χ2n) is 7.95. The Morgan fingerprint density at radius 1 is 1.17 bits per heavy atom. The number of hydrogen-bond donors (Lipinski definition) is 1. The standard InChI is InChI=1S/C24H27ClO4/c1-15-6-8-23(16(2)10-15)29-14-20-19(21(25)13-22(20)26)12-18-5-3-4-17(11-18)7-9-24(27)28/h3-6,8,10-11,19-21H,7,9,12-14H2,1-2H3,(H,27,28)/t19-,20?,21?/m1/s1. The molecule has 154 valence electrons. The Morgan fingerprint density at radius 2 is 1.93 bits per heavy atom. The van der Waals surface area contributed by atoms with E-state index in [9.17, 15) is 9.59 Å². The zero-order chi connectivity index (χ0) is 21.0. The van der Waals surface area contributed by atoms with Gasteiger partial charge in [0, 0.05) is 18.2 Å². The molecular weight excluding hydrogens is 388 g/mol. The first-order valence-corrected chi connectivity index (χ1v) is 10.4. The predicted octanol–water partition coefficient (Wildman–Crippen LogP) is 4.75. The fraction of sp³-hybridized carbons (Fsp3) is 0.417. The minimum absolute atomic E-state index is 0.00430. The van der Waals surface area contributed by atoms with Crippen LogP contribution in [0.4, 0.5) is 0 Å². The molecule has 0 aliphatic heterocycles. The summed E-state index contributed by atoms with van der Waals surface area (Å²) in [5, 5.41) is 8.68. The van der Waals surface area contributed by atoms with Crippen LogP contribution in [-0.2, 0) is 22.4 Å². The molecule has 0 amide bonds. The van der Waals surface area contributed by atoms with Gasteiger partial charge in [0.1, 0.15) is 11.5 Å². The molecule has 2 unspecified atom stereocenters. The lowest BCUT2D eigenvalue weighted by Gasteiger charge is -2.22. The predicted molar refractivity (Wildman–Crippen MR) is 114 cm³/mol. The monoisotopic (exact) mass is 414 g/mol. The van der Waals surface area contributed by atoms with Gasteiger partial charge in [-0.1, -0.05) is 42.0 Å². The summed E-state index contributed by atoms with van der Waals surface area (Å²) in [6.07, 6.45) is 1.65. The highest BCUT2D eigenvalue weighted by Crippen LogP contribution is 2.36. The van der Waals surface area contributed by atoms with Crippen molar-refractivity contribution >= 4 is 23.4 Å². The number of carboxylic acid groups (broad SMARTS) is 1. The van der Waals surface area contributed by atoms with Crippen LogP contribution in [0.15, 0.2) is 42.5 Å². The van der Waals surface area contributed by atoms with Crippen molar-refractivity contribution in [3.05, 3.63) is 64.7 Å². The van der Waals surface area contributed by atoms with Crippen LogP contribution in [0.25, 0.3) is 0 Å². The highest BCUT2D eigenvalue weighted by Gasteiger charge is 2.41. The number of carbonyl (C=O) groups excluding carboxylic acids is 1. The Hall–Kier alpha value is -2.33. The molecule has 29 heavy (non-hydrogen) atoms. The number of hydrogen-bond acceptors (Lipinski definition) is 3. The number of aliphatic carboxylic acids is 1. The molecule has 4 nitrogen and oxygen atoms in total. The normalized spacial score (nSPS) is 21.3. The average Bonchev–Trinajstić information content (AvgIpc) is 2.93. The van der Waals surface area contributed by atoms with Gasteiger partial charge in [-0.2, -0.15) is 0 Å². The summed E-state index contributed by atoms with van der Waals surface area (Å²) in [5.41, 5.74) is 4.30. The highest BCUT2D eigenvalue weighted by atomic mass is 35.5. The molecule has 0 spiro atoms. The van der Waals surface area contributed by atoms with Crippen LogP contribution < -0.4 is 4.74 Å². The maximum atomic E-state index is 12.6. The molecule has 1 saturated carbocycles. The van der Waals surface area contributed by atoms with Gasteiger partial charge in [-0.25, -0.2) is 0 Å². The van der Waals surface area contributed by atoms with Gasteiger partial charge in [0.2, 0.25) is 0 Å². The number of alkyl halides is 1. The molecule has 5 heteroatoms. The van der Waals surface area contributed by atoms with Crippen molar-refractivity contribution in [2.45, 2.75) is 44.9 Å². The Morgan fingerprint density at radius 3 is 2.66 bits per heavy atom. The largest absolute Gasteiger partial charge is 0.493 e. The summed E-state index contributed by atoms with van der Waals surface area (Å²) in [6, 6.07) is 13.9. The van der Waals surface area contributed by atoms with Gasteiger partial charge in [0.15, 0.2) is 0 Å². The van der Waals surface area contributed by atoms with Crippen molar-refractivity contribution in [2.75, 3.05) is 6.61 Å². The molecule has 1 aliphatic rings. The SMILES string of the molecule is Cc1ccc(OCC2C(=O)CC(Cl)[C@@H]2Cc2cccc(CCC(=O)O)c2)c(C)c1. The summed E-state index contributed by atoms with van der Waals surface area (Å²) in [4.78, 5) is 23.4. The van der Waals surface area contributed by atoms with Crippen LogP contribution in [0.2, 0.25) is 0 Å². The molecule has 0 heterocycles. The van der Waals surface area contributed by atoms with Crippen LogP contribution in [-0.4, -0.2) is 28.8 Å². The van der Waals surface area contributed by atoms with Gasteiger partial charge < -0.3 is 9.84 Å². The van der Waals surface area contributed by atoms with Crippen molar-refractivity contribution in [2.24, 2.45) is 11.8 Å². The first-order chi connectivity index (χ1) is 13.8. The summed E-state index contributed by atoms with van der Waals surface area (Å²) in [5.74, 6) is -0.0793. The molecule has 3 atom stereocenters. The average molecular weight is 415 g/mol. The Kier molecular flexibility index (Phi) is 6.96. The zero-order valence-corrected chi connectivity index (χ0v) is 17.6. The first kappa shape index (κ1) is 21.4. The Labute approximate surface area is 176 Å². The van der Waals surface area contributed by atoms with E-state index in [2.05, 4.69) is 6.07 Å². The fourth-order valence-corrected chi connectivity index (χ4v) is 4.47. The number of carbonyl (C=O) groups is 2. The Bertz CT molecular complexity index is 892. The molecule has 3 rings (SSSR count). The van der Waals surface area contributed by atoms with Crippen LogP contribution in [0.3, 0.4) is 0 Å². The van der Waals surface area contributed by atoms with Gasteiger partial charge in [-0.05, 0) is 55.4 Å². The summed E-state index contributed by atoms with van der Waals surface area (Å²) in [6.45, 7) is 4.37. The molecular formula is C24H27ClO4. The van der Waals surface area contributed by atoms with Crippen molar-refractivity contribution in [1.82, 2.24) is 0 Å². The molecule has 0 bridgehead atoms. The molecule has 1 fully saturated rings. The van der Waals surface area contributed by atoms with Crippen LogP contribution in [0.1, 0.15) is 35.1 Å². The topological polar surface area (TPSA) is 63.6 Å². The van der Waals surface area contributed by atoms with Crippen LogP contribution in [0.5, 0.6) is 5.75 Å². The van der Waals surface area contributed by atoms with E-state index >= 15 is 0 Å². The molecule has 0 radical (unpaired) electrons. The van der Waals surface area contributed by atoms with Gasteiger partial charge in [0.25, 0.3) is 0 Å². The maximum Gasteiger partial charge on any atom is 0.303 e. The minimum Gasteiger partial charge on any atom is -0.493 e. The van der Waals surface area contributed by atoms with Crippen molar-refractivity contribution < 1.29 is 19.4 Å². The van der Waals surface area contributed by atoms with E-state index in [1.54, 1.807) is 0 Å². The zero-order valence-electron chi connectivity index (χ0n) is 16.9.